The van der Waals surface area contributed by atoms with Gasteiger partial charge in [-0.2, -0.15) is 0 Å². The van der Waals surface area contributed by atoms with Gasteiger partial charge < -0.3 is 14.6 Å². The third-order valence-electron chi connectivity index (χ3n) is 5.93. The molecule has 2 heterocycles. The number of fused-ring (bicyclic) bond motifs is 1. The average molecular weight is 508 g/mol. The molecule has 176 valence electrons. The van der Waals surface area contributed by atoms with Gasteiger partial charge in [-0.3, -0.25) is 14.5 Å². The SMILES string of the molecule is Cc1cc(C)cc(N2C(=O)C(O)=C(C(=O)c3cc4cc(Cl)ccc4o3)C2c2ccc(O)c(Cl)c2)c1. The summed E-state index contributed by atoms with van der Waals surface area (Å²) in [7, 11) is 0. The van der Waals surface area contributed by atoms with Gasteiger partial charge in [0.05, 0.1) is 16.6 Å². The summed E-state index contributed by atoms with van der Waals surface area (Å²) < 4.78 is 5.74. The van der Waals surface area contributed by atoms with E-state index >= 15 is 0 Å². The fraction of sp³-hybridized carbons (Fsp3) is 0.111. The van der Waals surface area contributed by atoms with Crippen molar-refractivity contribution in [1.29, 1.82) is 0 Å². The number of aliphatic hydroxyl groups is 1. The molecule has 0 saturated heterocycles. The van der Waals surface area contributed by atoms with Crippen molar-refractivity contribution in [3.05, 3.63) is 104 Å². The number of ketones is 1. The summed E-state index contributed by atoms with van der Waals surface area (Å²) in [5.74, 6) is -2.25. The quantitative estimate of drug-likeness (QED) is 0.295. The third kappa shape index (κ3) is 3.95. The van der Waals surface area contributed by atoms with Gasteiger partial charge in [-0.05, 0) is 79.1 Å². The van der Waals surface area contributed by atoms with E-state index in [-0.39, 0.29) is 22.1 Å². The maximum Gasteiger partial charge on any atom is 0.294 e. The number of amides is 1. The Kier molecular flexibility index (Phi) is 5.58. The first-order chi connectivity index (χ1) is 16.6. The molecule has 6 nitrogen and oxygen atoms in total. The van der Waals surface area contributed by atoms with Crippen molar-refractivity contribution in [2.75, 3.05) is 4.90 Å². The number of aliphatic hydroxyl groups excluding tert-OH is 1. The minimum Gasteiger partial charge on any atom is -0.506 e. The number of hydrogen-bond donors (Lipinski definition) is 2. The number of aryl methyl sites for hydroxylation is 2. The maximum absolute atomic E-state index is 13.7. The van der Waals surface area contributed by atoms with E-state index in [4.69, 9.17) is 27.6 Å². The molecule has 3 aromatic carbocycles. The number of carbonyl (C=O) groups excluding carboxylic acids is 2. The molecule has 0 radical (unpaired) electrons. The Bertz CT molecular complexity index is 1550. The minimum atomic E-state index is -1.01. The molecule has 1 unspecified atom stereocenters. The molecule has 35 heavy (non-hydrogen) atoms. The minimum absolute atomic E-state index is 0.0474. The molecule has 0 saturated carbocycles. The van der Waals surface area contributed by atoms with Crippen LogP contribution in [0.5, 0.6) is 5.75 Å². The highest BCUT2D eigenvalue weighted by molar-refractivity contribution is 6.32. The van der Waals surface area contributed by atoms with E-state index in [1.54, 1.807) is 36.4 Å². The summed E-state index contributed by atoms with van der Waals surface area (Å²) in [4.78, 5) is 28.4. The molecule has 4 aromatic rings. The summed E-state index contributed by atoms with van der Waals surface area (Å²) in [5.41, 5.74) is 3.05. The Morgan fingerprint density at radius 3 is 2.34 bits per heavy atom. The van der Waals surface area contributed by atoms with Gasteiger partial charge in [0.1, 0.15) is 11.3 Å². The monoisotopic (exact) mass is 507 g/mol. The van der Waals surface area contributed by atoms with Gasteiger partial charge in [0.25, 0.3) is 5.91 Å². The summed E-state index contributed by atoms with van der Waals surface area (Å²) in [6.45, 7) is 3.78. The van der Waals surface area contributed by atoms with Crippen molar-refractivity contribution >= 4 is 51.5 Å². The van der Waals surface area contributed by atoms with Crippen LogP contribution in [-0.4, -0.2) is 21.9 Å². The van der Waals surface area contributed by atoms with Crippen LogP contribution in [0.15, 0.2) is 76.4 Å². The number of phenols is 1. The first-order valence-corrected chi connectivity index (χ1v) is 11.5. The Hall–Kier alpha value is -3.74. The second-order valence-electron chi connectivity index (χ2n) is 8.52. The molecule has 0 bridgehead atoms. The first kappa shape index (κ1) is 23.0. The molecule has 1 atom stereocenters. The van der Waals surface area contributed by atoms with E-state index in [0.29, 0.717) is 27.2 Å². The number of hydrogen-bond acceptors (Lipinski definition) is 5. The number of rotatable bonds is 4. The molecule has 0 spiro atoms. The molecule has 2 N–H and O–H groups in total. The zero-order chi connectivity index (χ0) is 25.0. The van der Waals surface area contributed by atoms with Gasteiger partial charge in [-0.1, -0.05) is 35.3 Å². The number of benzene rings is 3. The molecule has 5 rings (SSSR count). The van der Waals surface area contributed by atoms with E-state index in [1.165, 1.54) is 23.1 Å². The van der Waals surface area contributed by atoms with Crippen LogP contribution in [0.1, 0.15) is 33.3 Å². The summed E-state index contributed by atoms with van der Waals surface area (Å²) in [6, 6.07) is 15.4. The van der Waals surface area contributed by atoms with E-state index in [1.807, 2.05) is 19.9 Å². The molecular weight excluding hydrogens is 489 g/mol. The molecule has 0 aliphatic carbocycles. The fourth-order valence-electron chi connectivity index (χ4n) is 4.46. The van der Waals surface area contributed by atoms with Gasteiger partial charge in [-0.15, -0.1) is 0 Å². The number of Topliss-reactive ketones (excluding diaryl/α,β-unsaturated/α-hetero) is 1. The lowest BCUT2D eigenvalue weighted by atomic mass is 9.94. The van der Waals surface area contributed by atoms with Gasteiger partial charge >= 0.3 is 0 Å². The predicted octanol–water partition coefficient (Wildman–Crippen LogP) is 6.84. The number of furan rings is 1. The van der Waals surface area contributed by atoms with Gasteiger partial charge in [0.15, 0.2) is 11.5 Å². The number of anilines is 1. The normalized spacial score (nSPS) is 15.9. The smallest absolute Gasteiger partial charge is 0.294 e. The van der Waals surface area contributed by atoms with E-state index in [0.717, 1.165) is 11.1 Å². The van der Waals surface area contributed by atoms with Crippen molar-refractivity contribution in [1.82, 2.24) is 0 Å². The van der Waals surface area contributed by atoms with Crippen LogP contribution in [0.25, 0.3) is 11.0 Å². The van der Waals surface area contributed by atoms with Crippen LogP contribution in [0.4, 0.5) is 5.69 Å². The van der Waals surface area contributed by atoms with Crippen LogP contribution >= 0.6 is 23.2 Å². The Labute approximate surface area is 210 Å². The van der Waals surface area contributed by atoms with Crippen LogP contribution < -0.4 is 4.90 Å². The van der Waals surface area contributed by atoms with Crippen molar-refractivity contribution in [3.8, 4) is 5.75 Å². The highest BCUT2D eigenvalue weighted by Crippen LogP contribution is 2.44. The summed E-state index contributed by atoms with van der Waals surface area (Å²) in [6.07, 6.45) is 0. The Morgan fingerprint density at radius 1 is 0.943 bits per heavy atom. The number of aromatic hydroxyl groups is 1. The maximum atomic E-state index is 13.7. The number of nitrogens with zero attached hydrogens (tertiary/aromatic N) is 1. The molecule has 1 aliphatic rings. The topological polar surface area (TPSA) is 91.0 Å². The summed E-state index contributed by atoms with van der Waals surface area (Å²) >= 11 is 12.2. The number of phenolic OH excluding ortho intramolecular Hbond substituents is 1. The van der Waals surface area contributed by atoms with Crippen molar-refractivity contribution in [3.63, 3.8) is 0 Å². The van der Waals surface area contributed by atoms with E-state index in [9.17, 15) is 19.8 Å². The lowest BCUT2D eigenvalue weighted by molar-refractivity contribution is -0.117. The van der Waals surface area contributed by atoms with Crippen LogP contribution in [0, 0.1) is 13.8 Å². The molecule has 1 aromatic heterocycles. The number of carbonyl (C=O) groups is 2. The molecule has 1 aliphatic heterocycles. The second-order valence-corrected chi connectivity index (χ2v) is 9.36. The van der Waals surface area contributed by atoms with Gasteiger partial charge in [0.2, 0.25) is 5.78 Å². The zero-order valence-electron chi connectivity index (χ0n) is 18.7. The Balaban J connectivity index is 1.69. The van der Waals surface area contributed by atoms with Crippen LogP contribution in [0.3, 0.4) is 0 Å². The predicted molar refractivity (Wildman–Crippen MR) is 134 cm³/mol. The largest absolute Gasteiger partial charge is 0.506 e. The Morgan fingerprint density at radius 2 is 1.66 bits per heavy atom. The second kappa shape index (κ2) is 8.48. The standard InChI is InChI=1S/C27H19Cl2NO5/c1-13-7-14(2)9-18(8-13)30-24(15-3-5-20(31)19(29)11-15)23(26(33)27(30)34)25(32)22-12-16-10-17(28)4-6-21(16)35-22/h3-12,24,31,33H,1-2H3. The first-order valence-electron chi connectivity index (χ1n) is 10.7. The van der Waals surface area contributed by atoms with Crippen LogP contribution in [-0.2, 0) is 4.79 Å². The lowest BCUT2D eigenvalue weighted by Gasteiger charge is -2.27. The van der Waals surface area contributed by atoms with Gasteiger partial charge in [0, 0.05) is 16.1 Å². The van der Waals surface area contributed by atoms with Crippen LogP contribution in [0.2, 0.25) is 10.0 Å². The lowest BCUT2D eigenvalue weighted by Crippen LogP contribution is -2.31. The molecule has 0 fully saturated rings. The van der Waals surface area contributed by atoms with Gasteiger partial charge in [-0.25, -0.2) is 0 Å². The average Bonchev–Trinajstić information content (AvgIpc) is 3.33. The molecule has 8 heteroatoms. The third-order valence-corrected chi connectivity index (χ3v) is 6.46. The van der Waals surface area contributed by atoms with Crippen molar-refractivity contribution in [2.24, 2.45) is 0 Å². The summed E-state index contributed by atoms with van der Waals surface area (Å²) in [5, 5.41) is 22.0. The van der Waals surface area contributed by atoms with E-state index in [2.05, 4.69) is 0 Å². The zero-order valence-corrected chi connectivity index (χ0v) is 20.2. The highest BCUT2D eigenvalue weighted by atomic mass is 35.5. The molecular formula is C27H19Cl2NO5. The highest BCUT2D eigenvalue weighted by Gasteiger charge is 2.45. The van der Waals surface area contributed by atoms with Crippen molar-refractivity contribution < 1.29 is 24.2 Å². The van der Waals surface area contributed by atoms with E-state index < -0.39 is 23.5 Å². The fourth-order valence-corrected chi connectivity index (χ4v) is 4.83. The number of halogens is 2. The van der Waals surface area contributed by atoms with Crippen molar-refractivity contribution in [2.45, 2.75) is 19.9 Å². The molecule has 1 amide bonds.